The maximum absolute atomic E-state index is 12.1. The van der Waals surface area contributed by atoms with Crippen LogP contribution in [0.4, 0.5) is 4.79 Å². The van der Waals surface area contributed by atoms with Crippen molar-refractivity contribution in [1.82, 2.24) is 16.0 Å². The molecule has 22 heavy (non-hydrogen) atoms. The van der Waals surface area contributed by atoms with E-state index in [1.165, 1.54) is 16.7 Å². The first kappa shape index (κ1) is 14.9. The van der Waals surface area contributed by atoms with Crippen LogP contribution >= 0.6 is 0 Å². The number of carbonyl (C=O) groups is 2. The number of rotatable bonds is 3. The molecule has 2 atom stereocenters. The third-order valence-electron chi connectivity index (χ3n) is 4.67. The minimum atomic E-state index is -0.320. The van der Waals surface area contributed by atoms with Gasteiger partial charge in [-0.25, -0.2) is 4.79 Å². The van der Waals surface area contributed by atoms with Crippen molar-refractivity contribution in [2.24, 2.45) is 0 Å². The maximum atomic E-state index is 12.1. The zero-order chi connectivity index (χ0) is 15.7. The van der Waals surface area contributed by atoms with Gasteiger partial charge in [-0.15, -0.1) is 0 Å². The van der Waals surface area contributed by atoms with Crippen molar-refractivity contribution < 1.29 is 9.59 Å². The summed E-state index contributed by atoms with van der Waals surface area (Å²) in [6.45, 7) is 4.51. The molecule has 1 fully saturated rings. The zero-order valence-corrected chi connectivity index (χ0v) is 13.2. The van der Waals surface area contributed by atoms with Gasteiger partial charge in [0.15, 0.2) is 0 Å². The average molecular weight is 301 g/mol. The van der Waals surface area contributed by atoms with Gasteiger partial charge in [-0.2, -0.15) is 0 Å². The van der Waals surface area contributed by atoms with Gasteiger partial charge in [-0.05, 0) is 44.2 Å². The van der Waals surface area contributed by atoms with E-state index in [0.717, 1.165) is 19.3 Å². The highest BCUT2D eigenvalue weighted by Gasteiger charge is 2.33. The summed E-state index contributed by atoms with van der Waals surface area (Å²) >= 11 is 0. The summed E-state index contributed by atoms with van der Waals surface area (Å²) in [5.41, 5.74) is 3.49. The quantitative estimate of drug-likeness (QED) is 0.798. The molecule has 5 heteroatoms. The fourth-order valence-corrected chi connectivity index (χ4v) is 3.36. The largest absolute Gasteiger partial charge is 0.349 e. The molecule has 3 N–H and O–H groups in total. The molecule has 3 amide bonds. The first-order chi connectivity index (χ1) is 10.5. The van der Waals surface area contributed by atoms with E-state index in [2.05, 4.69) is 41.1 Å². The molecule has 1 saturated heterocycles. The van der Waals surface area contributed by atoms with Gasteiger partial charge < -0.3 is 16.0 Å². The standard InChI is InChI=1S/C17H23N3O2/c1-11-3-5-13-12(9-11)4-6-14(13)19-16(22)18-10-17(2)8-7-15(21)20-17/h3,5,9,14H,4,6-8,10H2,1-2H3,(H,20,21)(H2,18,19,22). The molecule has 3 rings (SSSR count). The van der Waals surface area contributed by atoms with Crippen molar-refractivity contribution in [3.8, 4) is 0 Å². The van der Waals surface area contributed by atoms with Crippen LogP contribution in [0, 0.1) is 6.92 Å². The Bertz CT molecular complexity index is 614. The van der Waals surface area contributed by atoms with E-state index in [0.29, 0.717) is 13.0 Å². The Morgan fingerprint density at radius 1 is 1.41 bits per heavy atom. The normalized spacial score (nSPS) is 26.5. The first-order valence-corrected chi connectivity index (χ1v) is 7.90. The summed E-state index contributed by atoms with van der Waals surface area (Å²) in [6, 6.07) is 6.32. The number of fused-ring (bicyclic) bond motifs is 1. The molecule has 1 aliphatic heterocycles. The second-order valence-electron chi connectivity index (χ2n) is 6.73. The molecule has 5 nitrogen and oxygen atoms in total. The fourth-order valence-electron chi connectivity index (χ4n) is 3.36. The van der Waals surface area contributed by atoms with E-state index in [-0.39, 0.29) is 23.5 Å². The Balaban J connectivity index is 1.54. The maximum Gasteiger partial charge on any atom is 0.315 e. The molecule has 1 aromatic rings. The Morgan fingerprint density at radius 2 is 2.23 bits per heavy atom. The lowest BCUT2D eigenvalue weighted by Gasteiger charge is -2.25. The van der Waals surface area contributed by atoms with E-state index in [4.69, 9.17) is 0 Å². The minimum absolute atomic E-state index is 0.0600. The molecular formula is C17H23N3O2. The lowest BCUT2D eigenvalue weighted by molar-refractivity contribution is -0.119. The number of aryl methyl sites for hydroxylation is 2. The Kier molecular flexibility index (Phi) is 3.81. The smallest absolute Gasteiger partial charge is 0.315 e. The molecule has 2 unspecified atom stereocenters. The summed E-state index contributed by atoms with van der Waals surface area (Å²) in [5.74, 6) is 0.0600. The van der Waals surface area contributed by atoms with Crippen molar-refractivity contribution in [1.29, 1.82) is 0 Å². The molecule has 2 aliphatic rings. The molecule has 0 aromatic heterocycles. The van der Waals surface area contributed by atoms with Crippen LogP contribution in [0.1, 0.15) is 48.9 Å². The molecule has 118 valence electrons. The van der Waals surface area contributed by atoms with Gasteiger partial charge in [-0.1, -0.05) is 23.8 Å². The van der Waals surface area contributed by atoms with E-state index in [1.807, 2.05) is 6.92 Å². The van der Waals surface area contributed by atoms with Crippen molar-refractivity contribution in [3.63, 3.8) is 0 Å². The van der Waals surface area contributed by atoms with Gasteiger partial charge in [0.05, 0.1) is 11.6 Å². The third kappa shape index (κ3) is 3.08. The van der Waals surface area contributed by atoms with Gasteiger partial charge in [0, 0.05) is 13.0 Å². The van der Waals surface area contributed by atoms with Crippen molar-refractivity contribution in [3.05, 3.63) is 34.9 Å². The average Bonchev–Trinajstić information content (AvgIpc) is 3.01. The lowest BCUT2D eigenvalue weighted by Crippen LogP contribution is -2.50. The second-order valence-corrected chi connectivity index (χ2v) is 6.73. The van der Waals surface area contributed by atoms with Crippen molar-refractivity contribution in [2.75, 3.05) is 6.54 Å². The Labute approximate surface area is 130 Å². The Morgan fingerprint density at radius 3 is 2.95 bits per heavy atom. The van der Waals surface area contributed by atoms with Crippen molar-refractivity contribution >= 4 is 11.9 Å². The molecule has 0 spiro atoms. The van der Waals surface area contributed by atoms with Gasteiger partial charge in [0.25, 0.3) is 0 Å². The van der Waals surface area contributed by atoms with Crippen LogP contribution in [-0.2, 0) is 11.2 Å². The number of urea groups is 1. The van der Waals surface area contributed by atoms with Crippen LogP contribution < -0.4 is 16.0 Å². The zero-order valence-electron chi connectivity index (χ0n) is 13.2. The highest BCUT2D eigenvalue weighted by molar-refractivity contribution is 5.80. The number of hydrogen-bond acceptors (Lipinski definition) is 2. The van der Waals surface area contributed by atoms with E-state index >= 15 is 0 Å². The van der Waals surface area contributed by atoms with Gasteiger partial charge in [0.2, 0.25) is 5.91 Å². The summed E-state index contributed by atoms with van der Waals surface area (Å²) < 4.78 is 0. The van der Waals surface area contributed by atoms with Crippen LogP contribution in [0.2, 0.25) is 0 Å². The topological polar surface area (TPSA) is 70.2 Å². The predicted molar refractivity (Wildman–Crippen MR) is 84.6 cm³/mol. The number of hydrogen-bond donors (Lipinski definition) is 3. The highest BCUT2D eigenvalue weighted by Crippen LogP contribution is 2.31. The summed E-state index contributed by atoms with van der Waals surface area (Å²) in [4.78, 5) is 23.4. The molecule has 0 saturated carbocycles. The first-order valence-electron chi connectivity index (χ1n) is 7.90. The van der Waals surface area contributed by atoms with Gasteiger partial charge in [0.1, 0.15) is 0 Å². The van der Waals surface area contributed by atoms with Crippen LogP contribution in [0.25, 0.3) is 0 Å². The number of benzene rings is 1. The predicted octanol–water partition coefficient (Wildman–Crippen LogP) is 1.95. The number of carbonyl (C=O) groups excluding carboxylic acids is 2. The van der Waals surface area contributed by atoms with Crippen molar-refractivity contribution in [2.45, 2.75) is 51.1 Å². The fraction of sp³-hybridized carbons (Fsp3) is 0.529. The number of amides is 3. The van der Waals surface area contributed by atoms with E-state index in [9.17, 15) is 9.59 Å². The third-order valence-corrected chi connectivity index (χ3v) is 4.67. The second kappa shape index (κ2) is 5.63. The molecule has 0 radical (unpaired) electrons. The van der Waals surface area contributed by atoms with Gasteiger partial charge >= 0.3 is 6.03 Å². The molecule has 0 bridgehead atoms. The summed E-state index contributed by atoms with van der Waals surface area (Å²) in [7, 11) is 0. The van der Waals surface area contributed by atoms with Gasteiger partial charge in [-0.3, -0.25) is 4.79 Å². The monoisotopic (exact) mass is 301 g/mol. The van der Waals surface area contributed by atoms with E-state index in [1.54, 1.807) is 0 Å². The van der Waals surface area contributed by atoms with Crippen LogP contribution in [0.3, 0.4) is 0 Å². The van der Waals surface area contributed by atoms with Crippen LogP contribution in [0.5, 0.6) is 0 Å². The highest BCUT2D eigenvalue weighted by atomic mass is 16.2. The molecule has 1 aliphatic carbocycles. The molecule has 1 heterocycles. The van der Waals surface area contributed by atoms with E-state index < -0.39 is 0 Å². The lowest BCUT2D eigenvalue weighted by atomic mass is 10.0. The number of nitrogens with one attached hydrogen (secondary N) is 3. The van der Waals surface area contributed by atoms with Crippen LogP contribution in [-0.4, -0.2) is 24.0 Å². The Hall–Kier alpha value is -2.04. The minimum Gasteiger partial charge on any atom is -0.349 e. The van der Waals surface area contributed by atoms with Crippen LogP contribution in [0.15, 0.2) is 18.2 Å². The molecular weight excluding hydrogens is 278 g/mol. The SMILES string of the molecule is Cc1ccc2c(c1)CCC2NC(=O)NCC1(C)CCC(=O)N1. The summed E-state index contributed by atoms with van der Waals surface area (Å²) in [5, 5.41) is 8.85. The summed E-state index contributed by atoms with van der Waals surface area (Å²) in [6.07, 6.45) is 3.25. The molecule has 1 aromatic carbocycles.